The fraction of sp³-hybridized carbons (Fsp3) is 0.462. The monoisotopic (exact) mass is 508 g/mol. The highest BCUT2D eigenvalue weighted by Gasteiger charge is 2.28. The summed E-state index contributed by atoms with van der Waals surface area (Å²) in [6.45, 7) is 5.23. The second kappa shape index (κ2) is 14.7. The molecule has 2 amide bonds. The summed E-state index contributed by atoms with van der Waals surface area (Å²) >= 11 is 12.2. The first-order chi connectivity index (χ1) is 16.4. The van der Waals surface area contributed by atoms with E-state index in [1.807, 2.05) is 37.3 Å². The Bertz CT molecular complexity index is 922. The molecular formula is C26H34Cl2N2O4. The molecule has 2 aromatic carbocycles. The van der Waals surface area contributed by atoms with Gasteiger partial charge >= 0.3 is 0 Å². The highest BCUT2D eigenvalue weighted by Crippen LogP contribution is 2.24. The van der Waals surface area contributed by atoms with Crippen molar-refractivity contribution in [2.24, 2.45) is 0 Å². The number of hydrogen-bond donors (Lipinski definition) is 1. The van der Waals surface area contributed by atoms with Crippen molar-refractivity contribution in [3.05, 3.63) is 58.1 Å². The largest absolute Gasteiger partial charge is 0.497 e. The van der Waals surface area contributed by atoms with E-state index in [1.165, 1.54) is 0 Å². The fourth-order valence-electron chi connectivity index (χ4n) is 3.49. The second-order valence-corrected chi connectivity index (χ2v) is 8.78. The maximum absolute atomic E-state index is 13.2. The van der Waals surface area contributed by atoms with Gasteiger partial charge in [-0.1, -0.05) is 49.5 Å². The van der Waals surface area contributed by atoms with Crippen LogP contribution < -0.4 is 14.8 Å². The molecule has 2 aromatic rings. The molecule has 0 heterocycles. The van der Waals surface area contributed by atoms with Gasteiger partial charge in [-0.3, -0.25) is 9.59 Å². The molecule has 0 fully saturated rings. The molecule has 8 heteroatoms. The highest BCUT2D eigenvalue weighted by molar-refractivity contribution is 6.42. The summed E-state index contributed by atoms with van der Waals surface area (Å²) in [5, 5.41) is 3.82. The molecule has 0 aliphatic rings. The Hall–Kier alpha value is -2.44. The summed E-state index contributed by atoms with van der Waals surface area (Å²) in [5.41, 5.74) is 0.817. The molecule has 2 rings (SSSR count). The topological polar surface area (TPSA) is 67.9 Å². The summed E-state index contributed by atoms with van der Waals surface area (Å²) in [4.78, 5) is 27.8. The minimum absolute atomic E-state index is 0.109. The SMILES string of the molecule is CCCCNC(=O)[C@H](CC)N(Cc1ccc(Cl)c(Cl)c1)C(=O)CCCOc1ccc(OC)cc1. The number of nitrogens with zero attached hydrogens (tertiary/aromatic N) is 1. The zero-order valence-corrected chi connectivity index (χ0v) is 21.6. The Morgan fingerprint density at radius 2 is 1.71 bits per heavy atom. The number of unbranched alkanes of at least 4 members (excludes halogenated alkanes) is 1. The van der Waals surface area contributed by atoms with Crippen LogP contribution in [0.1, 0.15) is 51.5 Å². The van der Waals surface area contributed by atoms with Gasteiger partial charge in [0.15, 0.2) is 0 Å². The maximum Gasteiger partial charge on any atom is 0.242 e. The first-order valence-corrected chi connectivity index (χ1v) is 12.4. The first-order valence-electron chi connectivity index (χ1n) is 11.7. The van der Waals surface area contributed by atoms with Crippen LogP contribution in [-0.4, -0.2) is 43.0 Å². The maximum atomic E-state index is 13.2. The van der Waals surface area contributed by atoms with E-state index in [9.17, 15) is 9.59 Å². The Balaban J connectivity index is 2.05. The van der Waals surface area contributed by atoms with Crippen molar-refractivity contribution in [2.45, 2.75) is 58.5 Å². The van der Waals surface area contributed by atoms with E-state index in [0.29, 0.717) is 41.8 Å². The van der Waals surface area contributed by atoms with Gasteiger partial charge < -0.3 is 19.7 Å². The third kappa shape index (κ3) is 8.73. The summed E-state index contributed by atoms with van der Waals surface area (Å²) < 4.78 is 10.9. The summed E-state index contributed by atoms with van der Waals surface area (Å²) in [5.74, 6) is 1.21. The number of nitrogens with one attached hydrogen (secondary N) is 1. The Morgan fingerprint density at radius 3 is 2.32 bits per heavy atom. The van der Waals surface area contributed by atoms with Gasteiger partial charge in [-0.05, 0) is 61.2 Å². The molecule has 0 radical (unpaired) electrons. The van der Waals surface area contributed by atoms with Gasteiger partial charge in [-0.25, -0.2) is 0 Å². The molecule has 6 nitrogen and oxygen atoms in total. The number of methoxy groups -OCH3 is 1. The van der Waals surface area contributed by atoms with E-state index in [-0.39, 0.29) is 24.8 Å². The quantitative estimate of drug-likeness (QED) is 0.323. The minimum Gasteiger partial charge on any atom is -0.497 e. The van der Waals surface area contributed by atoms with Crippen LogP contribution >= 0.6 is 23.2 Å². The molecule has 186 valence electrons. The van der Waals surface area contributed by atoms with E-state index in [1.54, 1.807) is 24.1 Å². The third-order valence-corrected chi connectivity index (χ3v) is 6.15. The predicted octanol–water partition coefficient (Wildman–Crippen LogP) is 5.88. The van der Waals surface area contributed by atoms with Crippen LogP contribution in [0.2, 0.25) is 10.0 Å². The van der Waals surface area contributed by atoms with Crippen molar-refractivity contribution >= 4 is 35.0 Å². The molecule has 1 atom stereocenters. The fourth-order valence-corrected chi connectivity index (χ4v) is 3.81. The Kier molecular flexibility index (Phi) is 12.1. The molecule has 0 spiro atoms. The standard InChI is InChI=1S/C26H34Cl2N2O4/c1-4-6-15-29-26(32)24(5-2)30(18-19-9-14-22(27)23(28)17-19)25(31)8-7-16-34-21-12-10-20(33-3)11-13-21/h9-14,17,24H,4-8,15-16,18H2,1-3H3,(H,29,32)/t24-/m0/s1. The number of amides is 2. The Labute approximate surface area is 212 Å². The van der Waals surface area contributed by atoms with Crippen molar-refractivity contribution in [1.82, 2.24) is 10.2 Å². The molecule has 0 saturated carbocycles. The van der Waals surface area contributed by atoms with Crippen molar-refractivity contribution in [3.63, 3.8) is 0 Å². The van der Waals surface area contributed by atoms with Gasteiger partial charge in [-0.15, -0.1) is 0 Å². The lowest BCUT2D eigenvalue weighted by Crippen LogP contribution is -2.49. The lowest BCUT2D eigenvalue weighted by molar-refractivity contribution is -0.141. The molecular weight excluding hydrogens is 475 g/mol. The lowest BCUT2D eigenvalue weighted by atomic mass is 10.1. The zero-order chi connectivity index (χ0) is 24.9. The van der Waals surface area contributed by atoms with E-state index >= 15 is 0 Å². The van der Waals surface area contributed by atoms with Gasteiger partial charge in [0.1, 0.15) is 17.5 Å². The highest BCUT2D eigenvalue weighted by atomic mass is 35.5. The van der Waals surface area contributed by atoms with Crippen LogP contribution in [0.15, 0.2) is 42.5 Å². The van der Waals surface area contributed by atoms with Crippen LogP contribution in [-0.2, 0) is 16.1 Å². The molecule has 0 aliphatic heterocycles. The number of rotatable bonds is 14. The summed E-state index contributed by atoms with van der Waals surface area (Å²) in [7, 11) is 1.61. The van der Waals surface area contributed by atoms with Gasteiger partial charge in [0.05, 0.1) is 23.8 Å². The van der Waals surface area contributed by atoms with Crippen LogP contribution in [0.5, 0.6) is 11.5 Å². The van der Waals surface area contributed by atoms with Crippen LogP contribution in [0.4, 0.5) is 0 Å². The zero-order valence-electron chi connectivity index (χ0n) is 20.1. The Morgan fingerprint density at radius 1 is 1.00 bits per heavy atom. The van der Waals surface area contributed by atoms with Gasteiger partial charge in [0, 0.05) is 19.5 Å². The number of benzene rings is 2. The molecule has 0 aromatic heterocycles. The van der Waals surface area contributed by atoms with Crippen molar-refractivity contribution in [1.29, 1.82) is 0 Å². The van der Waals surface area contributed by atoms with E-state index < -0.39 is 6.04 Å². The van der Waals surface area contributed by atoms with E-state index in [2.05, 4.69) is 12.2 Å². The summed E-state index contributed by atoms with van der Waals surface area (Å²) in [6, 6.07) is 12.0. The molecule has 34 heavy (non-hydrogen) atoms. The van der Waals surface area contributed by atoms with Crippen LogP contribution in [0, 0.1) is 0 Å². The van der Waals surface area contributed by atoms with E-state index in [4.69, 9.17) is 32.7 Å². The predicted molar refractivity (Wildman–Crippen MR) is 137 cm³/mol. The molecule has 0 aliphatic carbocycles. The number of halogens is 2. The minimum atomic E-state index is -0.568. The number of ether oxygens (including phenoxy) is 2. The van der Waals surface area contributed by atoms with Gasteiger partial charge in [0.25, 0.3) is 0 Å². The first kappa shape index (κ1) is 27.8. The number of carbonyl (C=O) groups excluding carboxylic acids is 2. The average Bonchev–Trinajstić information content (AvgIpc) is 2.84. The van der Waals surface area contributed by atoms with Crippen molar-refractivity contribution in [2.75, 3.05) is 20.3 Å². The van der Waals surface area contributed by atoms with Gasteiger partial charge in [0.2, 0.25) is 11.8 Å². The summed E-state index contributed by atoms with van der Waals surface area (Å²) in [6.07, 6.45) is 3.17. The van der Waals surface area contributed by atoms with E-state index in [0.717, 1.165) is 24.2 Å². The average molecular weight is 509 g/mol. The van der Waals surface area contributed by atoms with Crippen LogP contribution in [0.3, 0.4) is 0 Å². The van der Waals surface area contributed by atoms with Gasteiger partial charge in [-0.2, -0.15) is 0 Å². The normalized spacial score (nSPS) is 11.6. The molecule has 0 unspecified atom stereocenters. The molecule has 0 saturated heterocycles. The van der Waals surface area contributed by atoms with Crippen molar-refractivity contribution in [3.8, 4) is 11.5 Å². The number of carbonyl (C=O) groups is 2. The third-order valence-electron chi connectivity index (χ3n) is 5.42. The lowest BCUT2D eigenvalue weighted by Gasteiger charge is -2.31. The molecule has 1 N–H and O–H groups in total. The number of hydrogen-bond acceptors (Lipinski definition) is 4. The van der Waals surface area contributed by atoms with Crippen LogP contribution in [0.25, 0.3) is 0 Å². The second-order valence-electron chi connectivity index (χ2n) is 7.97. The van der Waals surface area contributed by atoms with Crippen molar-refractivity contribution < 1.29 is 19.1 Å². The molecule has 0 bridgehead atoms. The smallest absolute Gasteiger partial charge is 0.242 e.